The molecule has 0 bridgehead atoms. The van der Waals surface area contributed by atoms with Gasteiger partial charge in [-0.1, -0.05) is 18.2 Å². The number of likely N-dealkylation sites (tertiary alicyclic amines) is 1. The van der Waals surface area contributed by atoms with Crippen LogP contribution in [0.2, 0.25) is 0 Å². The molecular formula is C22H29N3O5. The molecule has 2 heterocycles. The number of H-pyrrole nitrogens is 1. The van der Waals surface area contributed by atoms with E-state index in [1.54, 1.807) is 19.4 Å². The molecular weight excluding hydrogens is 386 g/mol. The summed E-state index contributed by atoms with van der Waals surface area (Å²) >= 11 is 0. The molecule has 2 aromatic rings. The summed E-state index contributed by atoms with van der Waals surface area (Å²) in [6.07, 6.45) is 4.40. The monoisotopic (exact) mass is 415 g/mol. The van der Waals surface area contributed by atoms with Gasteiger partial charge >= 0.3 is 0 Å². The summed E-state index contributed by atoms with van der Waals surface area (Å²) in [6, 6.07) is 11.5. The first kappa shape index (κ1) is 23.2. The van der Waals surface area contributed by atoms with E-state index in [0.29, 0.717) is 19.0 Å². The second-order valence-electron chi connectivity index (χ2n) is 7.05. The molecule has 30 heavy (non-hydrogen) atoms. The molecule has 1 fully saturated rings. The minimum atomic E-state index is -0.250. The fourth-order valence-electron chi connectivity index (χ4n) is 3.64. The first-order valence-corrected chi connectivity index (χ1v) is 9.94. The number of benzene rings is 1. The molecule has 1 aliphatic rings. The lowest BCUT2D eigenvalue weighted by Crippen LogP contribution is -2.41. The Morgan fingerprint density at radius 1 is 1.30 bits per heavy atom. The number of rotatable bonds is 7. The molecule has 1 aromatic carbocycles. The van der Waals surface area contributed by atoms with Crippen LogP contribution in [-0.4, -0.2) is 60.7 Å². The highest BCUT2D eigenvalue weighted by Gasteiger charge is 2.22. The maximum absolute atomic E-state index is 12.2. The topological polar surface area (TPSA) is 112 Å². The maximum Gasteiger partial charge on any atom is 0.290 e. The molecule has 3 N–H and O–H groups in total. The predicted molar refractivity (Wildman–Crippen MR) is 114 cm³/mol. The van der Waals surface area contributed by atoms with Crippen molar-refractivity contribution in [3.8, 4) is 5.75 Å². The molecule has 1 aliphatic heterocycles. The van der Waals surface area contributed by atoms with Crippen LogP contribution >= 0.6 is 0 Å². The van der Waals surface area contributed by atoms with Crippen LogP contribution in [0, 0.1) is 0 Å². The van der Waals surface area contributed by atoms with Crippen LogP contribution in [0.5, 0.6) is 5.75 Å². The number of piperidine rings is 1. The van der Waals surface area contributed by atoms with Crippen molar-refractivity contribution in [3.63, 3.8) is 0 Å². The fourth-order valence-corrected chi connectivity index (χ4v) is 3.64. The van der Waals surface area contributed by atoms with Crippen LogP contribution in [0.15, 0.2) is 47.4 Å². The molecule has 0 radical (unpaired) electrons. The highest BCUT2D eigenvalue weighted by molar-refractivity contribution is 5.78. The van der Waals surface area contributed by atoms with Crippen LogP contribution in [-0.2, 0) is 16.0 Å². The third-order valence-corrected chi connectivity index (χ3v) is 5.13. The summed E-state index contributed by atoms with van der Waals surface area (Å²) < 4.78 is 5.34. The van der Waals surface area contributed by atoms with E-state index in [2.05, 4.69) is 15.2 Å². The van der Waals surface area contributed by atoms with Gasteiger partial charge in [0.05, 0.1) is 13.7 Å². The van der Waals surface area contributed by atoms with Crippen molar-refractivity contribution in [2.45, 2.75) is 25.2 Å². The van der Waals surface area contributed by atoms with Gasteiger partial charge in [0.1, 0.15) is 5.75 Å². The Hall–Kier alpha value is -3.13. The molecule has 0 atom stereocenters. The number of hydrogen-bond donors (Lipinski definition) is 3. The smallest absolute Gasteiger partial charge is 0.290 e. The Kier molecular flexibility index (Phi) is 9.60. The van der Waals surface area contributed by atoms with Crippen LogP contribution in [0.3, 0.4) is 0 Å². The summed E-state index contributed by atoms with van der Waals surface area (Å²) in [6.45, 7) is 2.52. The Morgan fingerprint density at radius 2 is 2.00 bits per heavy atom. The van der Waals surface area contributed by atoms with Gasteiger partial charge in [-0.25, -0.2) is 0 Å². The van der Waals surface area contributed by atoms with E-state index in [9.17, 15) is 9.59 Å². The SMILES string of the molecule is COc1ccccc1CCNC(=O)CN1CCC(c2cc[nH]c(=O)c2)CC1.O=CO. The standard InChI is InChI=1S/C21H27N3O3.CH2O2/c1-27-19-5-3-2-4-17(19)6-10-23-21(26)15-24-12-8-16(9-13-24)18-7-11-22-20(25)14-18;2-1-3/h2-5,7,11,14,16H,6,8-10,12-13,15H2,1H3,(H,22,25)(H,23,26);1H,(H,2,3). The average Bonchev–Trinajstić information content (AvgIpc) is 2.75. The van der Waals surface area contributed by atoms with Crippen LogP contribution < -0.4 is 15.6 Å². The molecule has 8 nitrogen and oxygen atoms in total. The molecule has 3 rings (SSSR count). The zero-order chi connectivity index (χ0) is 21.8. The Labute approximate surface area is 175 Å². The second kappa shape index (κ2) is 12.4. The molecule has 1 aromatic heterocycles. The van der Waals surface area contributed by atoms with Crippen molar-refractivity contribution in [1.82, 2.24) is 15.2 Å². The number of aromatic amines is 1. The highest BCUT2D eigenvalue weighted by atomic mass is 16.5. The van der Waals surface area contributed by atoms with Crippen LogP contribution in [0.25, 0.3) is 0 Å². The van der Waals surface area contributed by atoms with E-state index in [1.807, 2.05) is 30.3 Å². The Morgan fingerprint density at radius 3 is 2.67 bits per heavy atom. The minimum Gasteiger partial charge on any atom is -0.496 e. The van der Waals surface area contributed by atoms with Gasteiger partial charge in [0.25, 0.3) is 6.47 Å². The first-order valence-electron chi connectivity index (χ1n) is 9.94. The van der Waals surface area contributed by atoms with Gasteiger partial charge in [-0.2, -0.15) is 0 Å². The highest BCUT2D eigenvalue weighted by Crippen LogP contribution is 2.26. The molecule has 1 saturated heterocycles. The molecule has 0 aliphatic carbocycles. The first-order chi connectivity index (χ1) is 14.6. The molecule has 1 amide bonds. The lowest BCUT2D eigenvalue weighted by Gasteiger charge is -2.31. The number of nitrogens with one attached hydrogen (secondary N) is 2. The summed E-state index contributed by atoms with van der Waals surface area (Å²) in [5, 5.41) is 9.89. The number of nitrogens with zero attached hydrogens (tertiary/aromatic N) is 1. The van der Waals surface area contributed by atoms with Gasteiger partial charge in [0.15, 0.2) is 0 Å². The van der Waals surface area contributed by atoms with Gasteiger partial charge in [0.2, 0.25) is 11.5 Å². The zero-order valence-corrected chi connectivity index (χ0v) is 17.2. The summed E-state index contributed by atoms with van der Waals surface area (Å²) in [4.78, 5) is 36.9. The lowest BCUT2D eigenvalue weighted by molar-refractivity contribution is -0.123. The lowest BCUT2D eigenvalue weighted by atomic mass is 9.90. The maximum atomic E-state index is 12.2. The Balaban J connectivity index is 0.00000101. The summed E-state index contributed by atoms with van der Waals surface area (Å²) in [5.74, 6) is 1.31. The third kappa shape index (κ3) is 7.36. The fraction of sp³-hybridized carbons (Fsp3) is 0.409. The quantitative estimate of drug-likeness (QED) is 0.593. The van der Waals surface area contributed by atoms with Crippen LogP contribution in [0.4, 0.5) is 0 Å². The van der Waals surface area contributed by atoms with E-state index in [-0.39, 0.29) is 17.9 Å². The normalized spacial score (nSPS) is 14.3. The third-order valence-electron chi connectivity index (χ3n) is 5.13. The number of methoxy groups -OCH3 is 1. The van der Waals surface area contributed by atoms with Crippen molar-refractivity contribution >= 4 is 12.4 Å². The molecule has 162 valence electrons. The van der Waals surface area contributed by atoms with E-state index >= 15 is 0 Å². The number of carboxylic acid groups (broad SMARTS) is 1. The van der Waals surface area contributed by atoms with Gasteiger partial charge in [-0.3, -0.25) is 19.3 Å². The van der Waals surface area contributed by atoms with E-state index < -0.39 is 0 Å². The Bertz CT molecular complexity index is 860. The molecule has 8 heteroatoms. The van der Waals surface area contributed by atoms with Crippen molar-refractivity contribution in [3.05, 3.63) is 64.1 Å². The summed E-state index contributed by atoms with van der Waals surface area (Å²) in [7, 11) is 1.66. The number of ether oxygens (including phenoxy) is 1. The summed E-state index contributed by atoms with van der Waals surface area (Å²) in [5.41, 5.74) is 2.14. The number of pyridine rings is 1. The van der Waals surface area contributed by atoms with E-state index in [1.165, 1.54) is 0 Å². The van der Waals surface area contributed by atoms with E-state index in [4.69, 9.17) is 14.6 Å². The van der Waals surface area contributed by atoms with Gasteiger partial charge < -0.3 is 20.1 Å². The average molecular weight is 415 g/mol. The molecule has 0 saturated carbocycles. The number of hydrogen-bond acceptors (Lipinski definition) is 5. The zero-order valence-electron chi connectivity index (χ0n) is 17.2. The van der Waals surface area contributed by atoms with Gasteiger partial charge in [-0.05, 0) is 61.5 Å². The van der Waals surface area contributed by atoms with Crippen molar-refractivity contribution in [2.24, 2.45) is 0 Å². The van der Waals surface area contributed by atoms with Gasteiger partial charge in [-0.15, -0.1) is 0 Å². The van der Waals surface area contributed by atoms with Crippen LogP contribution in [0.1, 0.15) is 29.9 Å². The number of carbonyl (C=O) groups is 2. The number of carbonyl (C=O) groups excluding carboxylic acids is 1. The molecule has 0 unspecified atom stereocenters. The van der Waals surface area contributed by atoms with E-state index in [0.717, 1.165) is 49.2 Å². The number of amides is 1. The largest absolute Gasteiger partial charge is 0.496 e. The number of aromatic nitrogens is 1. The van der Waals surface area contributed by atoms with Crippen molar-refractivity contribution in [1.29, 1.82) is 0 Å². The molecule has 0 spiro atoms. The number of para-hydroxylation sites is 1. The second-order valence-corrected chi connectivity index (χ2v) is 7.05. The van der Waals surface area contributed by atoms with Gasteiger partial charge in [0, 0.05) is 18.8 Å². The van der Waals surface area contributed by atoms with Crippen molar-refractivity contribution < 1.29 is 19.4 Å². The minimum absolute atomic E-state index is 0.0515. The predicted octanol–water partition coefficient (Wildman–Crippen LogP) is 1.62. The van der Waals surface area contributed by atoms with Crippen molar-refractivity contribution in [2.75, 3.05) is 33.3 Å².